The van der Waals surface area contributed by atoms with Crippen LogP contribution < -0.4 is 11.1 Å². The van der Waals surface area contributed by atoms with Gasteiger partial charge in [0.15, 0.2) is 5.96 Å². The van der Waals surface area contributed by atoms with Crippen LogP contribution in [0.1, 0.15) is 38.8 Å². The average molecular weight is 356 g/mol. The predicted molar refractivity (Wildman–Crippen MR) is 95.1 cm³/mol. The molecular weight excluding hydrogens is 333 g/mol. The molecule has 0 aromatic heterocycles. The number of ether oxygens (including phenoxy) is 1. The van der Waals surface area contributed by atoms with E-state index in [4.69, 9.17) is 38.7 Å². The number of hydrogen-bond donors (Lipinski definition) is 2. The van der Waals surface area contributed by atoms with Crippen LogP contribution in [0.2, 0.25) is 10.0 Å². The van der Waals surface area contributed by atoms with Crippen LogP contribution in [0.25, 0.3) is 0 Å². The van der Waals surface area contributed by atoms with Crippen molar-refractivity contribution in [3.8, 4) is 0 Å². The van der Waals surface area contributed by atoms with Gasteiger partial charge in [-0.3, -0.25) is 0 Å². The molecule has 1 heterocycles. The quantitative estimate of drug-likeness (QED) is 0.640. The van der Waals surface area contributed by atoms with Crippen molar-refractivity contribution in [2.24, 2.45) is 22.1 Å². The largest absolute Gasteiger partial charge is 0.377 e. The number of nitrogens with one attached hydrogen (secondary N) is 1. The molecule has 1 saturated heterocycles. The fourth-order valence-electron chi connectivity index (χ4n) is 3.90. The van der Waals surface area contributed by atoms with Gasteiger partial charge in [-0.2, -0.15) is 0 Å². The van der Waals surface area contributed by atoms with Gasteiger partial charge in [0.1, 0.15) is 0 Å². The third kappa shape index (κ3) is 3.04. The van der Waals surface area contributed by atoms with E-state index in [0.717, 1.165) is 18.6 Å². The van der Waals surface area contributed by atoms with E-state index in [1.807, 2.05) is 19.1 Å². The van der Waals surface area contributed by atoms with Gasteiger partial charge in [0.2, 0.25) is 0 Å². The first-order chi connectivity index (χ1) is 10.8. The summed E-state index contributed by atoms with van der Waals surface area (Å²) in [7, 11) is 0. The summed E-state index contributed by atoms with van der Waals surface area (Å²) in [4.78, 5) is 4.72. The highest BCUT2D eigenvalue weighted by Crippen LogP contribution is 2.53. The molecule has 3 rings (SSSR count). The molecule has 0 radical (unpaired) electrons. The Morgan fingerprint density at radius 3 is 2.87 bits per heavy atom. The molecule has 1 aliphatic heterocycles. The Labute approximate surface area is 147 Å². The average Bonchev–Trinajstić information content (AvgIpc) is 2.91. The van der Waals surface area contributed by atoms with Crippen LogP contribution in [0.15, 0.2) is 23.2 Å². The van der Waals surface area contributed by atoms with E-state index < -0.39 is 0 Å². The number of halogens is 2. The van der Waals surface area contributed by atoms with Crippen molar-refractivity contribution in [3.05, 3.63) is 33.8 Å². The van der Waals surface area contributed by atoms with Crippen LogP contribution in [-0.2, 0) is 4.74 Å². The van der Waals surface area contributed by atoms with Gasteiger partial charge in [-0.25, -0.2) is 4.99 Å². The van der Waals surface area contributed by atoms with Crippen molar-refractivity contribution < 1.29 is 4.74 Å². The lowest BCUT2D eigenvalue weighted by atomic mass is 9.57. The molecule has 1 saturated carbocycles. The molecule has 1 aromatic carbocycles. The standard InChI is InChI=1S/C17H23Cl2N3O/c1-9(11-5-4-10(18)8-13(11)19)21-16(20)22-14-12-6-7-23-15(12)17(14,2)3/h4-5,8-9,12,14-15H,6-7H2,1-3H3,(H3,20,21,22). The summed E-state index contributed by atoms with van der Waals surface area (Å²) in [5.41, 5.74) is 7.12. The van der Waals surface area contributed by atoms with Gasteiger partial charge in [-0.15, -0.1) is 0 Å². The maximum Gasteiger partial charge on any atom is 0.189 e. The van der Waals surface area contributed by atoms with E-state index in [-0.39, 0.29) is 17.5 Å². The molecule has 3 N–H and O–H groups in total. The zero-order valence-electron chi connectivity index (χ0n) is 13.6. The third-order valence-electron chi connectivity index (χ3n) is 5.11. The maximum absolute atomic E-state index is 6.25. The van der Waals surface area contributed by atoms with E-state index >= 15 is 0 Å². The molecule has 4 atom stereocenters. The molecule has 6 heteroatoms. The lowest BCUT2D eigenvalue weighted by molar-refractivity contribution is -0.0986. The first-order valence-corrected chi connectivity index (χ1v) is 8.72. The van der Waals surface area contributed by atoms with Gasteiger partial charge in [0.05, 0.1) is 18.2 Å². The summed E-state index contributed by atoms with van der Waals surface area (Å²) in [6.45, 7) is 7.22. The second kappa shape index (κ2) is 6.15. The van der Waals surface area contributed by atoms with E-state index in [0.29, 0.717) is 28.0 Å². The molecule has 23 heavy (non-hydrogen) atoms. The summed E-state index contributed by atoms with van der Waals surface area (Å²) >= 11 is 12.2. The summed E-state index contributed by atoms with van der Waals surface area (Å²) in [6, 6.07) is 5.63. The monoisotopic (exact) mass is 355 g/mol. The molecule has 126 valence electrons. The van der Waals surface area contributed by atoms with Crippen LogP contribution >= 0.6 is 23.2 Å². The van der Waals surface area contributed by atoms with Gasteiger partial charge in [-0.05, 0) is 31.0 Å². The number of fused-ring (bicyclic) bond motifs is 1. The van der Waals surface area contributed by atoms with Crippen LogP contribution in [0.3, 0.4) is 0 Å². The van der Waals surface area contributed by atoms with Crippen molar-refractivity contribution in [1.82, 2.24) is 5.32 Å². The number of aliphatic imine (C=N–C) groups is 1. The van der Waals surface area contributed by atoms with Gasteiger partial charge in [-0.1, -0.05) is 43.1 Å². The highest BCUT2D eigenvalue weighted by molar-refractivity contribution is 6.35. The molecule has 1 aromatic rings. The molecule has 0 spiro atoms. The van der Waals surface area contributed by atoms with E-state index in [9.17, 15) is 0 Å². The van der Waals surface area contributed by atoms with Crippen LogP contribution in [0, 0.1) is 11.3 Å². The van der Waals surface area contributed by atoms with Crippen molar-refractivity contribution in [2.75, 3.05) is 6.61 Å². The Balaban J connectivity index is 1.70. The molecule has 0 amide bonds. The highest BCUT2D eigenvalue weighted by atomic mass is 35.5. The summed E-state index contributed by atoms with van der Waals surface area (Å²) in [6.07, 6.45) is 1.38. The SMILES string of the molecule is CC(NC(N)=NC1C2CCOC2C1(C)C)c1ccc(Cl)cc1Cl. The van der Waals surface area contributed by atoms with Crippen LogP contribution in [0.5, 0.6) is 0 Å². The number of hydrogen-bond acceptors (Lipinski definition) is 2. The molecule has 4 nitrogen and oxygen atoms in total. The Bertz CT molecular complexity index is 632. The van der Waals surface area contributed by atoms with Crippen molar-refractivity contribution >= 4 is 29.2 Å². The molecular formula is C17H23Cl2N3O. The Kier molecular flexibility index (Phi) is 4.51. The predicted octanol–water partition coefficient (Wildman–Crippen LogP) is 3.77. The second-order valence-corrected chi connectivity index (χ2v) is 7.90. The minimum absolute atomic E-state index is 0.0363. The van der Waals surface area contributed by atoms with Crippen molar-refractivity contribution in [3.63, 3.8) is 0 Å². The van der Waals surface area contributed by atoms with Gasteiger partial charge >= 0.3 is 0 Å². The molecule has 1 aliphatic carbocycles. The maximum atomic E-state index is 6.25. The first kappa shape index (κ1) is 16.9. The minimum Gasteiger partial charge on any atom is -0.377 e. The summed E-state index contributed by atoms with van der Waals surface area (Å²) in [5, 5.41) is 4.48. The molecule has 4 unspecified atom stereocenters. The number of nitrogens with zero attached hydrogens (tertiary/aromatic N) is 1. The molecule has 2 aliphatic rings. The lowest BCUT2D eigenvalue weighted by Gasteiger charge is -2.52. The topological polar surface area (TPSA) is 59.6 Å². The normalized spacial score (nSPS) is 30.5. The van der Waals surface area contributed by atoms with Crippen molar-refractivity contribution in [2.45, 2.75) is 45.4 Å². The zero-order valence-corrected chi connectivity index (χ0v) is 15.2. The fourth-order valence-corrected chi connectivity index (χ4v) is 4.47. The summed E-state index contributed by atoms with van der Waals surface area (Å²) in [5.74, 6) is 0.937. The molecule has 2 fully saturated rings. The van der Waals surface area contributed by atoms with Crippen LogP contribution in [0.4, 0.5) is 0 Å². The number of rotatable bonds is 3. The van der Waals surface area contributed by atoms with Crippen molar-refractivity contribution in [1.29, 1.82) is 0 Å². The molecule has 0 bridgehead atoms. The van der Waals surface area contributed by atoms with Gasteiger partial charge in [0.25, 0.3) is 0 Å². The second-order valence-electron chi connectivity index (χ2n) is 7.06. The Hall–Kier alpha value is -0.970. The van der Waals surface area contributed by atoms with E-state index in [2.05, 4.69) is 19.2 Å². The number of benzene rings is 1. The number of nitrogens with two attached hydrogens (primary N) is 1. The van der Waals surface area contributed by atoms with E-state index in [1.54, 1.807) is 6.07 Å². The third-order valence-corrected chi connectivity index (χ3v) is 5.67. The smallest absolute Gasteiger partial charge is 0.189 e. The fraction of sp³-hybridized carbons (Fsp3) is 0.588. The Morgan fingerprint density at radius 2 is 2.17 bits per heavy atom. The zero-order chi connectivity index (χ0) is 16.8. The number of guanidine groups is 1. The van der Waals surface area contributed by atoms with Crippen LogP contribution in [-0.4, -0.2) is 24.7 Å². The van der Waals surface area contributed by atoms with E-state index in [1.165, 1.54) is 0 Å². The summed E-state index contributed by atoms with van der Waals surface area (Å²) < 4.78 is 5.80. The first-order valence-electron chi connectivity index (χ1n) is 7.97. The highest BCUT2D eigenvalue weighted by Gasteiger charge is 2.59. The Morgan fingerprint density at radius 1 is 1.43 bits per heavy atom. The minimum atomic E-state index is -0.0395. The van der Waals surface area contributed by atoms with Gasteiger partial charge in [0, 0.05) is 28.0 Å². The lowest BCUT2D eigenvalue weighted by Crippen LogP contribution is -2.59. The van der Waals surface area contributed by atoms with Gasteiger partial charge < -0.3 is 15.8 Å².